The fourth-order valence-corrected chi connectivity index (χ4v) is 2.26. The van der Waals surface area contributed by atoms with Crippen LogP contribution in [-0.2, 0) is 14.1 Å². The lowest BCUT2D eigenvalue weighted by Crippen LogP contribution is -2.50. The van der Waals surface area contributed by atoms with Crippen molar-refractivity contribution in [2.75, 3.05) is 10.9 Å². The van der Waals surface area contributed by atoms with E-state index < -0.39 is 22.0 Å². The van der Waals surface area contributed by atoms with Gasteiger partial charge in [0.05, 0.1) is 18.0 Å². The van der Waals surface area contributed by atoms with Crippen molar-refractivity contribution in [1.29, 1.82) is 0 Å². The number of rotatable bonds is 5. The number of carbonyl (C=O) groups is 1. The summed E-state index contributed by atoms with van der Waals surface area (Å²) >= 11 is 0. The molecule has 2 N–H and O–H groups in total. The standard InChI is InChI=1S/C16H16N8O3/c1-9(25)10-8-11(19-20-12-4-6-17-23(12)2)16(27)14(15(10)26)22-21-13-5-7-18-24(13)3/h4-8,20-21H,1-3H3/b19-11+,22-14+. The van der Waals surface area contributed by atoms with Crippen LogP contribution < -0.4 is 32.4 Å². The zero-order valence-corrected chi connectivity index (χ0v) is 14.8. The molecule has 0 aliphatic carbocycles. The molecule has 0 fully saturated rings. The van der Waals surface area contributed by atoms with E-state index >= 15 is 0 Å². The van der Waals surface area contributed by atoms with Gasteiger partial charge in [0.2, 0.25) is 10.9 Å². The largest absolute Gasteiger partial charge is 0.294 e. The molecule has 0 bridgehead atoms. The van der Waals surface area contributed by atoms with Gasteiger partial charge in [0.1, 0.15) is 17.0 Å². The van der Waals surface area contributed by atoms with Gasteiger partial charge in [-0.2, -0.15) is 20.4 Å². The summed E-state index contributed by atoms with van der Waals surface area (Å²) in [5.74, 6) is 0.499. The van der Waals surface area contributed by atoms with E-state index in [1.165, 1.54) is 22.5 Å². The first-order chi connectivity index (χ1) is 12.9. The van der Waals surface area contributed by atoms with Gasteiger partial charge in [0.15, 0.2) is 11.1 Å². The molecule has 2 heterocycles. The average molecular weight is 368 g/mol. The summed E-state index contributed by atoms with van der Waals surface area (Å²) in [7, 11) is 3.36. The maximum atomic E-state index is 12.6. The summed E-state index contributed by atoms with van der Waals surface area (Å²) in [6.07, 6.45) is 3.08. The fourth-order valence-electron chi connectivity index (χ4n) is 2.26. The topological polar surface area (TPSA) is 136 Å². The first-order valence-corrected chi connectivity index (χ1v) is 7.84. The second-order valence-corrected chi connectivity index (χ2v) is 5.63. The first-order valence-electron chi connectivity index (χ1n) is 7.84. The van der Waals surface area contributed by atoms with Crippen LogP contribution in [0.2, 0.25) is 0 Å². The Morgan fingerprint density at radius 3 is 2.00 bits per heavy atom. The van der Waals surface area contributed by atoms with Gasteiger partial charge < -0.3 is 0 Å². The van der Waals surface area contributed by atoms with Gasteiger partial charge in [-0.1, -0.05) is 0 Å². The number of anilines is 2. The van der Waals surface area contributed by atoms with Gasteiger partial charge in [-0.25, -0.2) is 0 Å². The van der Waals surface area contributed by atoms with Crippen LogP contribution in [0.1, 0.15) is 17.3 Å². The third-order valence-electron chi connectivity index (χ3n) is 3.78. The minimum atomic E-state index is -0.762. The van der Waals surface area contributed by atoms with Crippen molar-refractivity contribution in [3.05, 3.63) is 67.3 Å². The van der Waals surface area contributed by atoms with E-state index in [0.717, 1.165) is 6.07 Å². The average Bonchev–Trinajstić information content (AvgIpc) is 3.22. The molecule has 0 spiro atoms. The molecule has 2 aromatic heterocycles. The quantitative estimate of drug-likeness (QED) is 0.427. The van der Waals surface area contributed by atoms with E-state index in [9.17, 15) is 14.4 Å². The SMILES string of the molecule is CC(=O)c1c/c(=N\Nc2ccnn2C)c(=O)/c(=N/Nc2ccnn2C)c1=O. The minimum Gasteiger partial charge on any atom is -0.294 e. The summed E-state index contributed by atoms with van der Waals surface area (Å²) in [6.45, 7) is 1.23. The third kappa shape index (κ3) is 3.56. The van der Waals surface area contributed by atoms with Gasteiger partial charge in [-0.3, -0.25) is 34.6 Å². The zero-order chi connectivity index (χ0) is 19.6. The zero-order valence-electron chi connectivity index (χ0n) is 14.8. The predicted molar refractivity (Wildman–Crippen MR) is 96.1 cm³/mol. The monoisotopic (exact) mass is 368 g/mol. The van der Waals surface area contributed by atoms with Crippen molar-refractivity contribution in [2.24, 2.45) is 24.3 Å². The number of nitrogens with one attached hydrogen (secondary N) is 2. The Kier molecular flexibility index (Phi) is 4.75. The molecule has 3 rings (SSSR count). The number of aromatic nitrogens is 4. The molecular formula is C16H16N8O3. The highest BCUT2D eigenvalue weighted by atomic mass is 16.1. The number of carbonyl (C=O) groups excluding carboxylic acids is 1. The van der Waals surface area contributed by atoms with E-state index in [0.29, 0.717) is 11.6 Å². The predicted octanol–water partition coefficient (Wildman–Crippen LogP) is -1.19. The molecule has 11 nitrogen and oxygen atoms in total. The van der Waals surface area contributed by atoms with E-state index in [-0.39, 0.29) is 10.9 Å². The molecule has 27 heavy (non-hydrogen) atoms. The molecule has 3 aromatic rings. The van der Waals surface area contributed by atoms with Crippen molar-refractivity contribution < 1.29 is 4.79 Å². The van der Waals surface area contributed by atoms with Gasteiger partial charge in [-0.05, 0) is 13.0 Å². The van der Waals surface area contributed by atoms with E-state index in [4.69, 9.17) is 0 Å². The summed E-state index contributed by atoms with van der Waals surface area (Å²) in [5.41, 5.74) is 3.63. The van der Waals surface area contributed by atoms with Crippen LogP contribution in [0.3, 0.4) is 0 Å². The maximum absolute atomic E-state index is 12.6. The van der Waals surface area contributed by atoms with Crippen molar-refractivity contribution >= 4 is 17.4 Å². The number of benzene rings is 1. The number of aryl methyl sites for hydroxylation is 2. The fraction of sp³-hybridized carbons (Fsp3) is 0.188. The van der Waals surface area contributed by atoms with E-state index in [1.54, 1.807) is 32.4 Å². The Labute approximate surface area is 152 Å². The first kappa shape index (κ1) is 17.9. The normalized spacial score (nSPS) is 12.4. The van der Waals surface area contributed by atoms with Crippen molar-refractivity contribution in [1.82, 2.24) is 19.6 Å². The Bertz CT molecular complexity index is 1230. The Balaban J connectivity index is 2.15. The molecule has 0 aliphatic rings. The van der Waals surface area contributed by atoms with Gasteiger partial charge in [0.25, 0.3) is 0 Å². The highest BCUT2D eigenvalue weighted by molar-refractivity contribution is 5.93. The highest BCUT2D eigenvalue weighted by Crippen LogP contribution is 2.02. The number of ketones is 1. The molecule has 0 saturated carbocycles. The van der Waals surface area contributed by atoms with Crippen LogP contribution in [0.25, 0.3) is 0 Å². The van der Waals surface area contributed by atoms with Crippen LogP contribution in [0.5, 0.6) is 0 Å². The van der Waals surface area contributed by atoms with Crippen LogP contribution in [-0.4, -0.2) is 25.3 Å². The van der Waals surface area contributed by atoms with Gasteiger partial charge in [0, 0.05) is 26.2 Å². The molecule has 0 amide bonds. The number of Topliss-reactive ketones (excluding diaryl/α,β-unsaturated/α-hetero) is 1. The van der Waals surface area contributed by atoms with Crippen LogP contribution >= 0.6 is 0 Å². The minimum absolute atomic E-state index is 0.119. The van der Waals surface area contributed by atoms with Crippen molar-refractivity contribution in [2.45, 2.75) is 6.92 Å². The van der Waals surface area contributed by atoms with E-state index in [1.807, 2.05) is 0 Å². The van der Waals surface area contributed by atoms with Crippen molar-refractivity contribution in [3.8, 4) is 0 Å². The summed E-state index contributed by atoms with van der Waals surface area (Å²) in [6, 6.07) is 4.42. The molecule has 138 valence electrons. The van der Waals surface area contributed by atoms with Crippen LogP contribution in [0, 0.1) is 0 Å². The molecule has 0 unspecified atom stereocenters. The van der Waals surface area contributed by atoms with Crippen LogP contribution in [0.4, 0.5) is 11.6 Å². The smallest absolute Gasteiger partial charge is 0.237 e. The molecular weight excluding hydrogens is 352 g/mol. The summed E-state index contributed by atoms with van der Waals surface area (Å²) in [5, 5.41) is 15.2. The van der Waals surface area contributed by atoms with Crippen LogP contribution in [0.15, 0.2) is 50.4 Å². The molecule has 1 aromatic carbocycles. The molecule has 0 radical (unpaired) electrons. The number of nitrogens with zero attached hydrogens (tertiary/aromatic N) is 6. The highest BCUT2D eigenvalue weighted by Gasteiger charge is 2.12. The van der Waals surface area contributed by atoms with E-state index in [2.05, 4.69) is 31.3 Å². The lowest BCUT2D eigenvalue weighted by molar-refractivity contribution is 0.101. The Morgan fingerprint density at radius 2 is 1.52 bits per heavy atom. The maximum Gasteiger partial charge on any atom is 0.237 e. The lowest BCUT2D eigenvalue weighted by atomic mass is 10.1. The second-order valence-electron chi connectivity index (χ2n) is 5.63. The van der Waals surface area contributed by atoms with Gasteiger partial charge in [-0.15, -0.1) is 0 Å². The van der Waals surface area contributed by atoms with Crippen molar-refractivity contribution in [3.63, 3.8) is 0 Å². The third-order valence-corrected chi connectivity index (χ3v) is 3.78. The molecule has 0 saturated heterocycles. The summed E-state index contributed by atoms with van der Waals surface area (Å²) < 4.78 is 2.99. The molecule has 0 aliphatic heterocycles. The Morgan fingerprint density at radius 1 is 0.963 bits per heavy atom. The van der Waals surface area contributed by atoms with Gasteiger partial charge >= 0.3 is 0 Å². The molecule has 0 atom stereocenters. The number of hydrogen-bond donors (Lipinski definition) is 2. The number of hydrogen-bond acceptors (Lipinski definition) is 9. The summed E-state index contributed by atoms with van der Waals surface area (Å²) in [4.78, 5) is 36.9. The Hall–Kier alpha value is -3.89. The second kappa shape index (κ2) is 7.15. The lowest BCUT2D eigenvalue weighted by Gasteiger charge is -2.01. The molecule has 11 heteroatoms.